The smallest absolute Gasteiger partial charge is 0.472 e. The van der Waals surface area contributed by atoms with Crippen LogP contribution in [0.15, 0.2) is 134 Å². The second-order valence-electron chi connectivity index (χ2n) is 13.3. The molecule has 0 aromatic rings. The third-order valence-corrected chi connectivity index (χ3v) is 8.89. The minimum Gasteiger partial charge on any atom is -0.480 e. The Kier molecular flexibility index (Phi) is 39.5. The summed E-state index contributed by atoms with van der Waals surface area (Å²) in [6.07, 6.45) is 59.7. The number of unbranched alkanes of at least 4 members (excludes halogenated alkanes) is 2. The number of carbonyl (C=O) groups excluding carboxylic acids is 1. The standard InChI is InChI=1S/C48H74NO9P/c1-3-5-7-9-11-13-15-17-18-19-20-21-22-23-24-25-26-27-29-31-33-35-37-39-41-55-42-45(43-56-59(53,54)57-44-46(49)48(51)52)58-47(50)40-38-36-34-32-30-28-16-14-12-10-8-6-4-2/h5-8,11-14,17-18,20-21,23-24,26-28,30-31,33-34,36,45-46H,3-4,9-10,15-16,19,22,25,29,32,35,37-44,49H2,1-2H3,(H,51,52)(H,53,54)/b7-5-,8-6-,13-11-,14-12-,18-17-,21-20-,24-23-,27-26-,30-28-,33-31-,36-34-. The van der Waals surface area contributed by atoms with Crippen molar-refractivity contribution in [2.75, 3.05) is 26.4 Å². The van der Waals surface area contributed by atoms with Gasteiger partial charge in [0.1, 0.15) is 12.1 Å². The lowest BCUT2D eigenvalue weighted by atomic mass is 10.2. The number of carboxylic acids is 1. The van der Waals surface area contributed by atoms with Crippen LogP contribution in [-0.2, 0) is 32.7 Å². The monoisotopic (exact) mass is 840 g/mol. The van der Waals surface area contributed by atoms with Gasteiger partial charge < -0.3 is 25.2 Å². The van der Waals surface area contributed by atoms with Crippen LogP contribution in [0.25, 0.3) is 0 Å². The summed E-state index contributed by atoms with van der Waals surface area (Å²) in [5, 5.41) is 8.89. The number of allylic oxidation sites excluding steroid dienone is 22. The minimum atomic E-state index is -4.66. The Morgan fingerprint density at radius 3 is 1.32 bits per heavy atom. The summed E-state index contributed by atoms with van der Waals surface area (Å²) in [4.78, 5) is 33.4. The number of ether oxygens (including phenoxy) is 2. The largest absolute Gasteiger partial charge is 0.480 e. The van der Waals surface area contributed by atoms with Gasteiger partial charge >= 0.3 is 19.8 Å². The molecule has 0 amide bonds. The first kappa shape index (κ1) is 55.1. The summed E-state index contributed by atoms with van der Waals surface area (Å²) < 4.78 is 33.1. The number of carboxylic acid groups (broad SMARTS) is 1. The van der Waals surface area contributed by atoms with Gasteiger partial charge in [-0.05, 0) is 96.3 Å². The molecule has 0 aliphatic carbocycles. The Morgan fingerprint density at radius 1 is 0.542 bits per heavy atom. The van der Waals surface area contributed by atoms with Gasteiger partial charge in [0.2, 0.25) is 0 Å². The third-order valence-electron chi connectivity index (χ3n) is 7.94. The van der Waals surface area contributed by atoms with Crippen molar-refractivity contribution in [2.45, 2.75) is 129 Å². The highest BCUT2D eigenvalue weighted by Crippen LogP contribution is 2.43. The molecule has 0 aliphatic heterocycles. The fourth-order valence-electron chi connectivity index (χ4n) is 4.71. The molecule has 0 aromatic carbocycles. The summed E-state index contributed by atoms with van der Waals surface area (Å²) in [5.41, 5.74) is 5.34. The van der Waals surface area contributed by atoms with Crippen LogP contribution < -0.4 is 5.73 Å². The van der Waals surface area contributed by atoms with E-state index in [2.05, 4.69) is 140 Å². The molecule has 4 N–H and O–H groups in total. The molecule has 0 aliphatic rings. The van der Waals surface area contributed by atoms with Crippen molar-refractivity contribution in [1.29, 1.82) is 0 Å². The molecule has 0 saturated heterocycles. The van der Waals surface area contributed by atoms with E-state index in [1.165, 1.54) is 0 Å². The van der Waals surface area contributed by atoms with Crippen molar-refractivity contribution in [3.05, 3.63) is 134 Å². The number of esters is 1. The molecule has 59 heavy (non-hydrogen) atoms. The molecule has 0 spiro atoms. The van der Waals surface area contributed by atoms with E-state index in [0.29, 0.717) is 13.0 Å². The first-order valence-electron chi connectivity index (χ1n) is 21.2. The molecule has 0 heterocycles. The number of phosphoric ester groups is 1. The lowest BCUT2D eigenvalue weighted by Gasteiger charge is -2.20. The Labute approximate surface area is 356 Å². The molecule has 0 radical (unpaired) electrons. The minimum absolute atomic E-state index is 0.0527. The normalized spacial score (nSPS) is 15.2. The topological polar surface area (TPSA) is 155 Å². The van der Waals surface area contributed by atoms with E-state index in [0.717, 1.165) is 89.9 Å². The molecular weight excluding hydrogens is 765 g/mol. The van der Waals surface area contributed by atoms with Crippen LogP contribution in [-0.4, -0.2) is 60.5 Å². The van der Waals surface area contributed by atoms with E-state index in [1.807, 2.05) is 12.2 Å². The molecule has 0 fully saturated rings. The summed E-state index contributed by atoms with van der Waals surface area (Å²) in [7, 11) is -4.66. The summed E-state index contributed by atoms with van der Waals surface area (Å²) >= 11 is 0. The molecule has 3 atom stereocenters. The molecule has 0 saturated carbocycles. The number of hydrogen-bond acceptors (Lipinski definition) is 8. The van der Waals surface area contributed by atoms with Crippen molar-refractivity contribution >= 4 is 19.8 Å². The van der Waals surface area contributed by atoms with E-state index < -0.39 is 45.1 Å². The maximum absolute atomic E-state index is 12.6. The van der Waals surface area contributed by atoms with E-state index in [9.17, 15) is 19.0 Å². The molecule has 0 aromatic heterocycles. The predicted molar refractivity (Wildman–Crippen MR) is 244 cm³/mol. The van der Waals surface area contributed by atoms with Gasteiger partial charge in [-0.2, -0.15) is 0 Å². The predicted octanol–water partition coefficient (Wildman–Crippen LogP) is 11.9. The van der Waals surface area contributed by atoms with Crippen LogP contribution in [0, 0.1) is 0 Å². The highest BCUT2D eigenvalue weighted by molar-refractivity contribution is 7.47. The van der Waals surface area contributed by atoms with E-state index in [-0.39, 0.29) is 13.0 Å². The highest BCUT2D eigenvalue weighted by atomic mass is 31.2. The average molecular weight is 840 g/mol. The second kappa shape index (κ2) is 42.2. The number of phosphoric acid groups is 1. The van der Waals surface area contributed by atoms with Gasteiger partial charge in [0.15, 0.2) is 0 Å². The van der Waals surface area contributed by atoms with Gasteiger partial charge in [-0.1, -0.05) is 148 Å². The van der Waals surface area contributed by atoms with Gasteiger partial charge in [0.25, 0.3) is 0 Å². The van der Waals surface area contributed by atoms with Crippen molar-refractivity contribution < 1.29 is 42.7 Å². The van der Waals surface area contributed by atoms with Gasteiger partial charge in [0, 0.05) is 13.0 Å². The lowest BCUT2D eigenvalue weighted by molar-refractivity contribution is -0.154. The third kappa shape index (κ3) is 42.1. The molecule has 0 rings (SSSR count). The van der Waals surface area contributed by atoms with Crippen LogP contribution >= 0.6 is 7.82 Å². The lowest BCUT2D eigenvalue weighted by Crippen LogP contribution is -2.34. The van der Waals surface area contributed by atoms with Crippen molar-refractivity contribution in [2.24, 2.45) is 5.73 Å². The van der Waals surface area contributed by atoms with Crippen molar-refractivity contribution in [1.82, 2.24) is 0 Å². The Bertz CT molecular complexity index is 1440. The highest BCUT2D eigenvalue weighted by Gasteiger charge is 2.27. The Hall–Kier alpha value is -3.89. The maximum atomic E-state index is 12.6. The van der Waals surface area contributed by atoms with Gasteiger partial charge in [-0.25, -0.2) is 4.57 Å². The maximum Gasteiger partial charge on any atom is 0.472 e. The Morgan fingerprint density at radius 2 is 0.915 bits per heavy atom. The number of hydrogen-bond donors (Lipinski definition) is 3. The molecular formula is C48H74NO9P. The average Bonchev–Trinajstić information content (AvgIpc) is 3.21. The molecule has 330 valence electrons. The first-order chi connectivity index (χ1) is 28.7. The fraction of sp³-hybridized carbons (Fsp3) is 0.500. The molecule has 10 nitrogen and oxygen atoms in total. The fourth-order valence-corrected chi connectivity index (χ4v) is 5.49. The van der Waals surface area contributed by atoms with Crippen LogP contribution in [0.5, 0.6) is 0 Å². The van der Waals surface area contributed by atoms with Crippen molar-refractivity contribution in [3.63, 3.8) is 0 Å². The van der Waals surface area contributed by atoms with Gasteiger partial charge in [-0.15, -0.1) is 0 Å². The zero-order valence-corrected chi connectivity index (χ0v) is 36.7. The van der Waals surface area contributed by atoms with Gasteiger partial charge in [0.05, 0.1) is 19.8 Å². The van der Waals surface area contributed by atoms with Crippen LogP contribution in [0.3, 0.4) is 0 Å². The zero-order valence-electron chi connectivity index (χ0n) is 35.8. The van der Waals surface area contributed by atoms with Gasteiger partial charge in [-0.3, -0.25) is 18.6 Å². The SMILES string of the molecule is CC/C=C\C/C=C\C/C=C\C/C=C\C/C=C\C/C=C\C/C=C\CCCCOCC(COP(=O)(O)OCC(N)C(=O)O)OC(=O)CC/C=C\C/C=C\C/C=C\C/C=C\CC. The van der Waals surface area contributed by atoms with E-state index in [1.54, 1.807) is 0 Å². The van der Waals surface area contributed by atoms with Crippen molar-refractivity contribution in [3.8, 4) is 0 Å². The van der Waals surface area contributed by atoms with E-state index in [4.69, 9.17) is 24.8 Å². The second-order valence-corrected chi connectivity index (χ2v) is 14.8. The number of rotatable bonds is 38. The number of aliphatic carboxylic acids is 1. The number of nitrogens with two attached hydrogens (primary N) is 1. The quantitative estimate of drug-likeness (QED) is 0.0237. The van der Waals surface area contributed by atoms with E-state index >= 15 is 0 Å². The summed E-state index contributed by atoms with van der Waals surface area (Å²) in [6, 6.07) is -1.50. The molecule has 11 heteroatoms. The van der Waals surface area contributed by atoms with Crippen LogP contribution in [0.2, 0.25) is 0 Å². The summed E-state index contributed by atoms with van der Waals surface area (Å²) in [6.45, 7) is 3.39. The number of carbonyl (C=O) groups is 2. The summed E-state index contributed by atoms with van der Waals surface area (Å²) in [5.74, 6) is -1.90. The Balaban J connectivity index is 4.43. The van der Waals surface area contributed by atoms with Crippen LogP contribution in [0.4, 0.5) is 0 Å². The zero-order chi connectivity index (χ0) is 43.3. The first-order valence-corrected chi connectivity index (χ1v) is 22.7. The van der Waals surface area contributed by atoms with Crippen LogP contribution in [0.1, 0.15) is 117 Å². The molecule has 0 bridgehead atoms. The molecule has 3 unspecified atom stereocenters.